The molecule has 1 aliphatic heterocycles. The molecule has 170 valence electrons. The number of imidazole rings is 1. The predicted molar refractivity (Wildman–Crippen MR) is 126 cm³/mol. The number of benzene rings is 2. The average Bonchev–Trinajstić information content (AvgIpc) is 3.00. The number of hydrogen-bond donors (Lipinski definition) is 2. The molecular weight excluding hydrogens is 448 g/mol. The Morgan fingerprint density at radius 1 is 1.16 bits per heavy atom. The fraction of sp³-hybridized carbons (Fsp3) is 0.364. The van der Waals surface area contributed by atoms with Crippen molar-refractivity contribution in [1.29, 1.82) is 0 Å². The number of nitrogens with one attached hydrogen (secondary N) is 2. The smallest absolute Gasteiger partial charge is 0.243 e. The zero-order valence-corrected chi connectivity index (χ0v) is 19.5. The number of methoxy groups -OCH3 is 1. The Morgan fingerprint density at radius 2 is 1.91 bits per heavy atom. The summed E-state index contributed by atoms with van der Waals surface area (Å²) in [6.07, 6.45) is 3.80. The molecule has 2 aromatic carbocycles. The van der Waals surface area contributed by atoms with E-state index >= 15 is 0 Å². The third-order valence-corrected chi connectivity index (χ3v) is 8.12. The molecule has 1 saturated heterocycles. The van der Waals surface area contributed by atoms with Gasteiger partial charge >= 0.3 is 0 Å². The Kier molecular flexibility index (Phi) is 7.02. The highest BCUT2D eigenvalue weighted by molar-refractivity contribution is 7.99. The summed E-state index contributed by atoms with van der Waals surface area (Å²) in [6.45, 7) is 1.04. The van der Waals surface area contributed by atoms with Crippen LogP contribution in [0.2, 0.25) is 0 Å². The maximum atomic E-state index is 13.1. The van der Waals surface area contributed by atoms with E-state index in [0.29, 0.717) is 29.7 Å². The van der Waals surface area contributed by atoms with Crippen LogP contribution in [0, 0.1) is 0 Å². The highest BCUT2D eigenvalue weighted by atomic mass is 32.2. The molecule has 2 heterocycles. The van der Waals surface area contributed by atoms with Crippen LogP contribution in [0.4, 0.5) is 5.69 Å². The molecule has 0 unspecified atom stereocenters. The molecule has 0 atom stereocenters. The molecular formula is C22H26N4O4S2. The number of rotatable bonds is 7. The number of fused-ring (bicyclic) bond motifs is 1. The monoisotopic (exact) mass is 474 g/mol. The Hall–Kier alpha value is -2.56. The second-order valence-electron chi connectivity index (χ2n) is 7.58. The van der Waals surface area contributed by atoms with E-state index < -0.39 is 10.0 Å². The lowest BCUT2D eigenvalue weighted by Gasteiger charge is -2.21. The normalized spacial score (nSPS) is 15.4. The van der Waals surface area contributed by atoms with Gasteiger partial charge in [-0.05, 0) is 43.2 Å². The molecule has 0 bridgehead atoms. The SMILES string of the molecule is COc1ccc(S(=O)(=O)N2CCCCCC2)cc1NC(=O)CSc1nc2ccccc2[nH]1. The number of aromatic amines is 1. The van der Waals surface area contributed by atoms with Crippen molar-refractivity contribution in [2.45, 2.75) is 35.7 Å². The maximum absolute atomic E-state index is 13.1. The third-order valence-electron chi connectivity index (χ3n) is 5.36. The number of ether oxygens (including phenoxy) is 1. The average molecular weight is 475 g/mol. The van der Waals surface area contributed by atoms with E-state index in [-0.39, 0.29) is 16.6 Å². The van der Waals surface area contributed by atoms with Crippen LogP contribution < -0.4 is 10.1 Å². The van der Waals surface area contributed by atoms with E-state index in [0.717, 1.165) is 36.7 Å². The standard InChI is InChI=1S/C22H26N4O4S2/c1-30-20-11-10-16(32(28,29)26-12-6-2-3-7-13-26)14-19(20)23-21(27)15-31-22-24-17-8-4-5-9-18(17)25-22/h4-5,8-11,14H,2-3,6-7,12-13,15H2,1H3,(H,23,27)(H,24,25). The van der Waals surface area contributed by atoms with E-state index in [4.69, 9.17) is 4.74 Å². The molecule has 1 aliphatic rings. The lowest BCUT2D eigenvalue weighted by atomic mass is 10.2. The van der Waals surface area contributed by atoms with Gasteiger partial charge in [0.15, 0.2) is 5.16 Å². The number of H-pyrrole nitrogens is 1. The van der Waals surface area contributed by atoms with Crippen LogP contribution >= 0.6 is 11.8 Å². The molecule has 2 N–H and O–H groups in total. The van der Waals surface area contributed by atoms with Gasteiger partial charge in [0.1, 0.15) is 5.75 Å². The summed E-state index contributed by atoms with van der Waals surface area (Å²) in [5, 5.41) is 3.43. The molecule has 8 nitrogen and oxygen atoms in total. The topological polar surface area (TPSA) is 104 Å². The number of para-hydroxylation sites is 2. The number of anilines is 1. The number of carbonyl (C=O) groups excluding carboxylic acids is 1. The van der Waals surface area contributed by atoms with Gasteiger partial charge in [0.2, 0.25) is 15.9 Å². The first-order chi connectivity index (χ1) is 15.5. The zero-order chi connectivity index (χ0) is 22.6. The van der Waals surface area contributed by atoms with Gasteiger partial charge in [-0.2, -0.15) is 4.31 Å². The van der Waals surface area contributed by atoms with Gasteiger partial charge in [0, 0.05) is 13.1 Å². The molecule has 3 aromatic rings. The van der Waals surface area contributed by atoms with Gasteiger partial charge in [-0.25, -0.2) is 13.4 Å². The molecule has 0 spiro atoms. The summed E-state index contributed by atoms with van der Waals surface area (Å²) in [5.41, 5.74) is 2.07. The van der Waals surface area contributed by atoms with Crippen LogP contribution in [0.5, 0.6) is 5.75 Å². The first-order valence-electron chi connectivity index (χ1n) is 10.5. The molecule has 1 amide bonds. The molecule has 10 heteroatoms. The van der Waals surface area contributed by atoms with E-state index in [9.17, 15) is 13.2 Å². The third kappa shape index (κ3) is 5.08. The largest absolute Gasteiger partial charge is 0.495 e. The molecule has 4 rings (SSSR count). The van der Waals surface area contributed by atoms with E-state index in [1.807, 2.05) is 24.3 Å². The Balaban J connectivity index is 1.47. The van der Waals surface area contributed by atoms with Crippen LogP contribution in [-0.2, 0) is 14.8 Å². The Bertz CT molecular complexity index is 1170. The fourth-order valence-corrected chi connectivity index (χ4v) is 5.92. The maximum Gasteiger partial charge on any atom is 0.243 e. The number of amides is 1. The summed E-state index contributed by atoms with van der Waals surface area (Å²) >= 11 is 1.28. The second-order valence-corrected chi connectivity index (χ2v) is 10.5. The van der Waals surface area contributed by atoms with Gasteiger partial charge in [-0.1, -0.05) is 36.7 Å². The Morgan fingerprint density at radius 3 is 2.62 bits per heavy atom. The lowest BCUT2D eigenvalue weighted by molar-refractivity contribution is -0.113. The number of thioether (sulfide) groups is 1. The first kappa shape index (κ1) is 22.6. The molecule has 1 aromatic heterocycles. The molecule has 1 fully saturated rings. The minimum Gasteiger partial charge on any atom is -0.495 e. The van der Waals surface area contributed by atoms with Crippen molar-refractivity contribution in [1.82, 2.24) is 14.3 Å². The molecule has 0 saturated carbocycles. The van der Waals surface area contributed by atoms with Gasteiger partial charge in [0.25, 0.3) is 0 Å². The van der Waals surface area contributed by atoms with E-state index in [1.54, 1.807) is 6.07 Å². The minimum atomic E-state index is -3.63. The van der Waals surface area contributed by atoms with Gasteiger partial charge in [-0.3, -0.25) is 4.79 Å². The van der Waals surface area contributed by atoms with Crippen molar-refractivity contribution in [3.05, 3.63) is 42.5 Å². The fourth-order valence-electron chi connectivity index (χ4n) is 3.69. The second kappa shape index (κ2) is 9.93. The van der Waals surface area contributed by atoms with Crippen molar-refractivity contribution in [2.75, 3.05) is 31.3 Å². The number of carbonyl (C=O) groups is 1. The lowest BCUT2D eigenvalue weighted by Crippen LogP contribution is -2.32. The van der Waals surface area contributed by atoms with E-state index in [2.05, 4.69) is 15.3 Å². The predicted octanol–water partition coefficient (Wildman–Crippen LogP) is 3.87. The van der Waals surface area contributed by atoms with Crippen LogP contribution in [0.1, 0.15) is 25.7 Å². The summed E-state index contributed by atoms with van der Waals surface area (Å²) in [7, 11) is -2.15. The van der Waals surface area contributed by atoms with Crippen LogP contribution in [0.3, 0.4) is 0 Å². The minimum absolute atomic E-state index is 0.117. The highest BCUT2D eigenvalue weighted by Crippen LogP contribution is 2.30. The number of nitrogens with zero attached hydrogens (tertiary/aromatic N) is 2. The molecule has 0 radical (unpaired) electrons. The molecule has 0 aliphatic carbocycles. The summed E-state index contributed by atoms with van der Waals surface area (Å²) in [5.74, 6) is 0.242. The Labute approximate surface area is 191 Å². The van der Waals surface area contributed by atoms with Crippen LogP contribution in [-0.4, -0.2) is 54.6 Å². The molecule has 32 heavy (non-hydrogen) atoms. The van der Waals surface area contributed by atoms with Gasteiger partial charge in [-0.15, -0.1) is 0 Å². The van der Waals surface area contributed by atoms with Gasteiger partial charge < -0.3 is 15.0 Å². The summed E-state index contributed by atoms with van der Waals surface area (Å²) in [4.78, 5) is 20.4. The number of sulfonamides is 1. The van der Waals surface area contributed by atoms with Crippen molar-refractivity contribution < 1.29 is 17.9 Å². The zero-order valence-electron chi connectivity index (χ0n) is 17.8. The summed E-state index contributed by atoms with van der Waals surface area (Å²) in [6, 6.07) is 12.2. The first-order valence-corrected chi connectivity index (χ1v) is 13.0. The van der Waals surface area contributed by atoms with Crippen LogP contribution in [0.25, 0.3) is 11.0 Å². The van der Waals surface area contributed by atoms with Crippen molar-refractivity contribution in [2.24, 2.45) is 0 Å². The number of hydrogen-bond acceptors (Lipinski definition) is 6. The number of aromatic nitrogens is 2. The van der Waals surface area contributed by atoms with Crippen molar-refractivity contribution in [3.63, 3.8) is 0 Å². The van der Waals surface area contributed by atoms with Crippen LogP contribution in [0.15, 0.2) is 52.5 Å². The van der Waals surface area contributed by atoms with Gasteiger partial charge in [0.05, 0.1) is 34.5 Å². The van der Waals surface area contributed by atoms with Crippen molar-refractivity contribution in [3.8, 4) is 5.75 Å². The highest BCUT2D eigenvalue weighted by Gasteiger charge is 2.26. The van der Waals surface area contributed by atoms with Crippen molar-refractivity contribution >= 4 is 44.4 Å². The summed E-state index contributed by atoms with van der Waals surface area (Å²) < 4.78 is 33.1. The van der Waals surface area contributed by atoms with E-state index in [1.165, 1.54) is 35.3 Å². The quantitative estimate of drug-likeness (QED) is 0.504.